The zero-order valence-electron chi connectivity index (χ0n) is 15.9. The highest BCUT2D eigenvalue weighted by Crippen LogP contribution is 2.20. The Bertz CT molecular complexity index is 847. The van der Waals surface area contributed by atoms with E-state index in [9.17, 15) is 13.2 Å². The molecule has 0 aliphatic carbocycles. The normalized spacial score (nSPS) is 11.1. The van der Waals surface area contributed by atoms with Gasteiger partial charge in [-0.25, -0.2) is 8.42 Å². The number of ether oxygens (including phenoxy) is 1. The molecule has 0 aromatic heterocycles. The summed E-state index contributed by atoms with van der Waals surface area (Å²) in [5, 5.41) is 0. The van der Waals surface area contributed by atoms with E-state index in [2.05, 4.69) is 11.6 Å². The fourth-order valence-electron chi connectivity index (χ4n) is 2.58. The molecule has 0 saturated heterocycles. The van der Waals surface area contributed by atoms with E-state index >= 15 is 0 Å². The van der Waals surface area contributed by atoms with Gasteiger partial charge < -0.3 is 9.64 Å². The van der Waals surface area contributed by atoms with Crippen LogP contribution in [0.15, 0.2) is 53.4 Å². The molecule has 0 radical (unpaired) electrons. The first-order valence-electron chi connectivity index (χ1n) is 8.97. The second-order valence-electron chi connectivity index (χ2n) is 6.10. The summed E-state index contributed by atoms with van der Waals surface area (Å²) >= 11 is 0. The van der Waals surface area contributed by atoms with Gasteiger partial charge in [-0.2, -0.15) is 0 Å². The van der Waals surface area contributed by atoms with Gasteiger partial charge in [0.15, 0.2) is 0 Å². The molecule has 1 amide bonds. The number of sulfonamides is 1. The van der Waals surface area contributed by atoms with Crippen molar-refractivity contribution in [2.24, 2.45) is 0 Å². The van der Waals surface area contributed by atoms with Gasteiger partial charge >= 0.3 is 0 Å². The third-order valence-electron chi connectivity index (χ3n) is 4.20. The summed E-state index contributed by atoms with van der Waals surface area (Å²) in [4.78, 5) is 14.4. The average Bonchev–Trinajstić information content (AvgIpc) is 2.69. The molecule has 0 atom stereocenters. The number of amides is 1. The average molecular weight is 391 g/mol. The first kappa shape index (κ1) is 20.8. The van der Waals surface area contributed by atoms with Crippen LogP contribution in [0.3, 0.4) is 0 Å². The van der Waals surface area contributed by atoms with Crippen molar-refractivity contribution in [3.63, 3.8) is 0 Å². The van der Waals surface area contributed by atoms with E-state index in [4.69, 9.17) is 4.74 Å². The Balaban J connectivity index is 2.13. The van der Waals surface area contributed by atoms with Crippen molar-refractivity contribution in [3.8, 4) is 5.75 Å². The van der Waals surface area contributed by atoms with Gasteiger partial charge in [0.2, 0.25) is 0 Å². The zero-order valence-corrected chi connectivity index (χ0v) is 16.8. The van der Waals surface area contributed by atoms with Crippen LogP contribution < -0.4 is 9.46 Å². The van der Waals surface area contributed by atoms with Gasteiger partial charge in [-0.3, -0.25) is 9.52 Å². The highest BCUT2D eigenvalue weighted by molar-refractivity contribution is 7.92. The molecule has 2 rings (SSSR count). The molecular formula is C20H26N2O4S. The van der Waals surface area contributed by atoms with Gasteiger partial charge in [0.05, 0.1) is 12.0 Å². The Morgan fingerprint density at radius 1 is 1.04 bits per heavy atom. The molecule has 2 aromatic carbocycles. The molecule has 0 fully saturated rings. The number of hydrogen-bond acceptors (Lipinski definition) is 4. The molecule has 0 aliphatic heterocycles. The molecule has 0 heterocycles. The monoisotopic (exact) mass is 390 g/mol. The lowest BCUT2D eigenvalue weighted by atomic mass is 10.2. The Hall–Kier alpha value is -2.54. The summed E-state index contributed by atoms with van der Waals surface area (Å²) in [6.45, 7) is 5.34. The molecule has 27 heavy (non-hydrogen) atoms. The number of carbonyl (C=O) groups excluding carboxylic acids is 1. The van der Waals surface area contributed by atoms with Crippen LogP contribution in [0, 0.1) is 0 Å². The highest BCUT2D eigenvalue weighted by atomic mass is 32.2. The number of hydrogen-bond donors (Lipinski definition) is 1. The summed E-state index contributed by atoms with van der Waals surface area (Å²) in [7, 11) is -2.19. The van der Waals surface area contributed by atoms with Gasteiger partial charge in [0, 0.05) is 24.3 Å². The summed E-state index contributed by atoms with van der Waals surface area (Å²) in [6, 6.07) is 12.6. The van der Waals surface area contributed by atoms with Crippen molar-refractivity contribution in [3.05, 3.63) is 54.1 Å². The third-order valence-corrected chi connectivity index (χ3v) is 5.60. The molecule has 146 valence electrons. The SMILES string of the molecule is CCCCN(CC)C(=O)c1ccc(S(=O)(=O)Nc2ccc(OC)cc2)cc1. The lowest BCUT2D eigenvalue weighted by Crippen LogP contribution is -2.31. The van der Waals surface area contributed by atoms with Crippen molar-refractivity contribution >= 4 is 21.6 Å². The van der Waals surface area contributed by atoms with E-state index in [1.165, 1.54) is 12.1 Å². The van der Waals surface area contributed by atoms with E-state index in [1.807, 2.05) is 6.92 Å². The van der Waals surface area contributed by atoms with Crippen LogP contribution in [-0.2, 0) is 10.0 Å². The van der Waals surface area contributed by atoms with Crippen molar-refractivity contribution in [1.82, 2.24) is 4.90 Å². The molecule has 2 aromatic rings. The van der Waals surface area contributed by atoms with E-state index < -0.39 is 10.0 Å². The molecule has 0 unspecified atom stereocenters. The van der Waals surface area contributed by atoms with Gasteiger partial charge in [-0.1, -0.05) is 13.3 Å². The summed E-state index contributed by atoms with van der Waals surface area (Å²) in [6.07, 6.45) is 1.95. The number of anilines is 1. The van der Waals surface area contributed by atoms with Gasteiger partial charge in [0.25, 0.3) is 15.9 Å². The second-order valence-corrected chi connectivity index (χ2v) is 7.78. The third kappa shape index (κ3) is 5.47. The number of nitrogens with one attached hydrogen (secondary N) is 1. The molecular weight excluding hydrogens is 364 g/mol. The second kappa shape index (κ2) is 9.41. The number of rotatable bonds is 9. The molecule has 0 aliphatic rings. The van der Waals surface area contributed by atoms with Crippen LogP contribution in [0.5, 0.6) is 5.75 Å². The number of methoxy groups -OCH3 is 1. The van der Waals surface area contributed by atoms with E-state index in [-0.39, 0.29) is 10.8 Å². The molecule has 1 N–H and O–H groups in total. The topological polar surface area (TPSA) is 75.7 Å². The predicted octanol–water partition coefficient (Wildman–Crippen LogP) is 3.76. The van der Waals surface area contributed by atoms with Gasteiger partial charge in [-0.15, -0.1) is 0 Å². The van der Waals surface area contributed by atoms with Gasteiger partial charge in [0.1, 0.15) is 5.75 Å². The number of nitrogens with zero attached hydrogens (tertiary/aromatic N) is 1. The highest BCUT2D eigenvalue weighted by Gasteiger charge is 2.17. The Labute approximate surface area is 161 Å². The summed E-state index contributed by atoms with van der Waals surface area (Å²) in [5.41, 5.74) is 0.920. The summed E-state index contributed by atoms with van der Waals surface area (Å²) in [5.74, 6) is 0.558. The molecule has 0 bridgehead atoms. The van der Waals surface area contributed by atoms with Crippen molar-refractivity contribution in [1.29, 1.82) is 0 Å². The van der Waals surface area contributed by atoms with Crippen LogP contribution in [-0.4, -0.2) is 39.4 Å². The minimum Gasteiger partial charge on any atom is -0.497 e. The maximum Gasteiger partial charge on any atom is 0.261 e. The van der Waals surface area contributed by atoms with Crippen molar-refractivity contribution < 1.29 is 17.9 Å². The Morgan fingerprint density at radius 3 is 2.19 bits per heavy atom. The van der Waals surface area contributed by atoms with Crippen molar-refractivity contribution in [2.75, 3.05) is 24.9 Å². The number of benzene rings is 2. The maximum atomic E-state index is 12.5. The zero-order chi connectivity index (χ0) is 19.9. The van der Waals surface area contributed by atoms with Crippen LogP contribution in [0.1, 0.15) is 37.0 Å². The number of unbranched alkanes of at least 4 members (excludes halogenated alkanes) is 1. The molecule has 0 spiro atoms. The summed E-state index contributed by atoms with van der Waals surface area (Å²) < 4.78 is 32.6. The Morgan fingerprint density at radius 2 is 1.67 bits per heavy atom. The van der Waals surface area contributed by atoms with Crippen LogP contribution in [0.4, 0.5) is 5.69 Å². The molecule has 0 saturated carbocycles. The standard InChI is InChI=1S/C20H26N2O4S/c1-4-6-15-22(5-2)20(23)16-7-13-19(14-8-16)27(24,25)21-17-9-11-18(26-3)12-10-17/h7-14,21H,4-6,15H2,1-3H3. The lowest BCUT2D eigenvalue weighted by Gasteiger charge is -2.20. The van der Waals surface area contributed by atoms with E-state index in [0.29, 0.717) is 30.1 Å². The minimum atomic E-state index is -3.73. The largest absolute Gasteiger partial charge is 0.497 e. The van der Waals surface area contributed by atoms with E-state index in [0.717, 1.165) is 12.8 Å². The minimum absolute atomic E-state index is 0.0852. The van der Waals surface area contributed by atoms with E-state index in [1.54, 1.807) is 48.4 Å². The molecule has 7 heteroatoms. The fraction of sp³-hybridized carbons (Fsp3) is 0.350. The lowest BCUT2D eigenvalue weighted by molar-refractivity contribution is 0.0762. The first-order valence-corrected chi connectivity index (χ1v) is 10.5. The predicted molar refractivity (Wildman–Crippen MR) is 107 cm³/mol. The van der Waals surface area contributed by atoms with Crippen LogP contribution in [0.25, 0.3) is 0 Å². The smallest absolute Gasteiger partial charge is 0.261 e. The fourth-order valence-corrected chi connectivity index (χ4v) is 3.64. The van der Waals surface area contributed by atoms with Gasteiger partial charge in [-0.05, 0) is 61.9 Å². The quantitative estimate of drug-likeness (QED) is 0.707. The van der Waals surface area contributed by atoms with Crippen molar-refractivity contribution in [2.45, 2.75) is 31.6 Å². The van der Waals surface area contributed by atoms with Crippen LogP contribution >= 0.6 is 0 Å². The number of carbonyl (C=O) groups is 1. The maximum absolute atomic E-state index is 12.5. The first-order chi connectivity index (χ1) is 12.9. The molecule has 6 nitrogen and oxygen atoms in total. The Kier molecular flexibility index (Phi) is 7.24. The van der Waals surface area contributed by atoms with Crippen LogP contribution in [0.2, 0.25) is 0 Å².